The van der Waals surface area contributed by atoms with Gasteiger partial charge in [-0.15, -0.1) is 0 Å². The Morgan fingerprint density at radius 1 is 1.11 bits per heavy atom. The topological polar surface area (TPSA) is 67.5 Å². The van der Waals surface area contributed by atoms with Crippen molar-refractivity contribution in [2.45, 2.75) is 57.5 Å². The second-order valence-corrected chi connectivity index (χ2v) is 8.33. The fourth-order valence-corrected chi connectivity index (χ4v) is 4.96. The van der Waals surface area contributed by atoms with Gasteiger partial charge in [0.15, 0.2) is 0 Å². The quantitative estimate of drug-likeness (QED) is 0.895. The van der Waals surface area contributed by atoms with E-state index in [4.69, 9.17) is 0 Å². The number of piperidine rings is 1. The Labute approximate surface area is 159 Å². The van der Waals surface area contributed by atoms with Crippen LogP contribution >= 0.6 is 0 Å². The van der Waals surface area contributed by atoms with Crippen LogP contribution in [-0.4, -0.2) is 45.2 Å². The normalized spacial score (nSPS) is 22.3. The Morgan fingerprint density at radius 2 is 1.89 bits per heavy atom. The molecule has 2 heterocycles. The van der Waals surface area contributed by atoms with E-state index in [1.807, 2.05) is 15.2 Å². The number of benzene rings is 1. The maximum atomic E-state index is 13.4. The van der Waals surface area contributed by atoms with Gasteiger partial charge in [0.25, 0.3) is 0 Å². The van der Waals surface area contributed by atoms with Crippen molar-refractivity contribution >= 4 is 17.0 Å². The molecule has 1 saturated carbocycles. The molecule has 1 aromatic carbocycles. The van der Waals surface area contributed by atoms with Crippen molar-refractivity contribution in [1.29, 1.82) is 0 Å². The molecule has 1 aliphatic carbocycles. The van der Waals surface area contributed by atoms with Gasteiger partial charge in [-0.3, -0.25) is 9.13 Å². The van der Waals surface area contributed by atoms with Crippen molar-refractivity contribution in [3.63, 3.8) is 0 Å². The first kappa shape index (κ1) is 18.3. The van der Waals surface area contributed by atoms with Gasteiger partial charge in [0, 0.05) is 19.1 Å². The molecule has 2 aliphatic rings. The average molecular weight is 371 g/mol. The number of aromatic carboxylic acids is 1. The van der Waals surface area contributed by atoms with E-state index in [1.165, 1.54) is 6.42 Å². The number of rotatable bonds is 4. The highest BCUT2D eigenvalue weighted by atomic mass is 16.4. The maximum absolute atomic E-state index is 13.4. The van der Waals surface area contributed by atoms with Crippen molar-refractivity contribution in [1.82, 2.24) is 14.0 Å². The van der Waals surface area contributed by atoms with Gasteiger partial charge >= 0.3 is 11.7 Å². The lowest BCUT2D eigenvalue weighted by molar-refractivity contribution is 0.0697. The largest absolute Gasteiger partial charge is 0.478 e. The second kappa shape index (κ2) is 7.50. The highest BCUT2D eigenvalue weighted by molar-refractivity contribution is 5.92. The number of aromatic nitrogens is 2. The summed E-state index contributed by atoms with van der Waals surface area (Å²) in [4.78, 5) is 27.2. The van der Waals surface area contributed by atoms with Crippen LogP contribution in [0, 0.1) is 5.92 Å². The Balaban J connectivity index is 1.79. The second-order valence-electron chi connectivity index (χ2n) is 8.33. The number of carboxylic acids is 1. The zero-order valence-corrected chi connectivity index (χ0v) is 16.1. The Morgan fingerprint density at radius 3 is 2.59 bits per heavy atom. The zero-order valence-electron chi connectivity index (χ0n) is 16.1. The van der Waals surface area contributed by atoms with Crippen molar-refractivity contribution < 1.29 is 9.90 Å². The molecule has 1 aromatic heterocycles. The molecule has 6 heteroatoms. The van der Waals surface area contributed by atoms with E-state index in [0.717, 1.165) is 62.6 Å². The minimum Gasteiger partial charge on any atom is -0.478 e. The van der Waals surface area contributed by atoms with Crippen LogP contribution in [0.4, 0.5) is 0 Å². The summed E-state index contributed by atoms with van der Waals surface area (Å²) in [5.41, 5.74) is 1.95. The van der Waals surface area contributed by atoms with Crippen LogP contribution in [0.5, 0.6) is 0 Å². The third-order valence-corrected chi connectivity index (χ3v) is 6.31. The predicted octanol–water partition coefficient (Wildman–Crippen LogP) is 3.35. The SMILES string of the molecule is CN1CCCC(Cn2c(=O)n(C3CCCCC3)c3ccc(C(=O)O)cc32)C1. The van der Waals surface area contributed by atoms with Crippen LogP contribution in [0.15, 0.2) is 23.0 Å². The van der Waals surface area contributed by atoms with Crippen LogP contribution in [0.3, 0.4) is 0 Å². The predicted molar refractivity (Wildman–Crippen MR) is 106 cm³/mol. The summed E-state index contributed by atoms with van der Waals surface area (Å²) < 4.78 is 3.80. The molecule has 0 amide bonds. The van der Waals surface area contributed by atoms with Gasteiger partial charge in [-0.05, 0) is 63.4 Å². The first-order valence-electron chi connectivity index (χ1n) is 10.2. The van der Waals surface area contributed by atoms with Gasteiger partial charge in [-0.1, -0.05) is 19.3 Å². The average Bonchev–Trinajstić information content (AvgIpc) is 2.93. The van der Waals surface area contributed by atoms with E-state index < -0.39 is 5.97 Å². The first-order valence-corrected chi connectivity index (χ1v) is 10.2. The van der Waals surface area contributed by atoms with Gasteiger partial charge in [0.05, 0.1) is 16.6 Å². The molecule has 0 spiro atoms. The van der Waals surface area contributed by atoms with E-state index in [-0.39, 0.29) is 17.3 Å². The molecular formula is C21H29N3O3. The molecule has 1 aliphatic heterocycles. The molecule has 1 N–H and O–H groups in total. The zero-order chi connectivity index (χ0) is 19.0. The smallest absolute Gasteiger partial charge is 0.335 e. The molecule has 146 valence electrons. The van der Waals surface area contributed by atoms with Crippen LogP contribution in [-0.2, 0) is 6.54 Å². The molecule has 1 unspecified atom stereocenters. The van der Waals surface area contributed by atoms with Crippen molar-refractivity contribution in [3.8, 4) is 0 Å². The van der Waals surface area contributed by atoms with Crippen LogP contribution in [0.1, 0.15) is 61.3 Å². The van der Waals surface area contributed by atoms with Gasteiger partial charge in [-0.2, -0.15) is 0 Å². The summed E-state index contributed by atoms with van der Waals surface area (Å²) >= 11 is 0. The Bertz CT molecular complexity index is 892. The van der Waals surface area contributed by atoms with Crippen LogP contribution in [0.25, 0.3) is 11.0 Å². The lowest BCUT2D eigenvalue weighted by atomic mass is 9.95. The number of hydrogen-bond donors (Lipinski definition) is 1. The number of fused-ring (bicyclic) bond motifs is 1. The molecule has 0 bridgehead atoms. The lowest BCUT2D eigenvalue weighted by Crippen LogP contribution is -2.36. The van der Waals surface area contributed by atoms with E-state index in [9.17, 15) is 14.7 Å². The maximum Gasteiger partial charge on any atom is 0.335 e. The third-order valence-electron chi connectivity index (χ3n) is 6.31. The molecule has 27 heavy (non-hydrogen) atoms. The summed E-state index contributed by atoms with van der Waals surface area (Å²) in [5.74, 6) is -0.515. The lowest BCUT2D eigenvalue weighted by Gasteiger charge is -2.29. The number of imidazole rings is 1. The van der Waals surface area contributed by atoms with Gasteiger partial charge in [0.2, 0.25) is 0 Å². The van der Waals surface area contributed by atoms with Gasteiger partial charge < -0.3 is 10.0 Å². The number of carboxylic acid groups (broad SMARTS) is 1. The highest BCUT2D eigenvalue weighted by Crippen LogP contribution is 2.31. The van der Waals surface area contributed by atoms with E-state index in [0.29, 0.717) is 12.5 Å². The third kappa shape index (κ3) is 3.55. The summed E-state index contributed by atoms with van der Waals surface area (Å²) in [6.07, 6.45) is 7.89. The monoisotopic (exact) mass is 371 g/mol. The number of carbonyl (C=O) groups is 1. The molecule has 1 saturated heterocycles. The van der Waals surface area contributed by atoms with Crippen molar-refractivity contribution in [3.05, 3.63) is 34.2 Å². The van der Waals surface area contributed by atoms with E-state index in [1.54, 1.807) is 12.1 Å². The molecular weight excluding hydrogens is 342 g/mol. The standard InChI is InChI=1S/C21H29N3O3/c1-22-11-5-6-15(13-22)14-23-19-12-16(20(25)26)9-10-18(19)24(21(23)27)17-7-3-2-4-8-17/h9-10,12,15,17H,2-8,11,13-14H2,1H3,(H,25,26). The molecule has 2 aromatic rings. The minimum absolute atomic E-state index is 0.0349. The Hall–Kier alpha value is -2.08. The van der Waals surface area contributed by atoms with Crippen molar-refractivity contribution in [2.24, 2.45) is 5.92 Å². The van der Waals surface area contributed by atoms with Crippen LogP contribution < -0.4 is 5.69 Å². The minimum atomic E-state index is -0.946. The number of likely N-dealkylation sites (tertiary alicyclic amines) is 1. The fraction of sp³-hybridized carbons (Fsp3) is 0.619. The molecule has 2 fully saturated rings. The molecule has 0 radical (unpaired) electrons. The fourth-order valence-electron chi connectivity index (χ4n) is 4.96. The molecule has 6 nitrogen and oxygen atoms in total. The summed E-state index contributed by atoms with van der Waals surface area (Å²) in [5, 5.41) is 9.42. The molecule has 1 atom stereocenters. The first-order chi connectivity index (χ1) is 13.0. The summed E-state index contributed by atoms with van der Waals surface area (Å²) in [6, 6.07) is 5.38. The molecule has 4 rings (SSSR count). The van der Waals surface area contributed by atoms with E-state index >= 15 is 0 Å². The van der Waals surface area contributed by atoms with Crippen molar-refractivity contribution in [2.75, 3.05) is 20.1 Å². The Kier molecular flexibility index (Phi) is 5.08. The summed E-state index contributed by atoms with van der Waals surface area (Å²) in [6.45, 7) is 2.77. The van der Waals surface area contributed by atoms with E-state index in [2.05, 4.69) is 11.9 Å². The summed E-state index contributed by atoms with van der Waals surface area (Å²) in [7, 11) is 2.13. The van der Waals surface area contributed by atoms with Gasteiger partial charge in [-0.25, -0.2) is 9.59 Å². The number of hydrogen-bond acceptors (Lipinski definition) is 3. The van der Waals surface area contributed by atoms with Gasteiger partial charge in [0.1, 0.15) is 0 Å². The highest BCUT2D eigenvalue weighted by Gasteiger charge is 2.25. The van der Waals surface area contributed by atoms with Crippen LogP contribution in [0.2, 0.25) is 0 Å². The number of nitrogens with zero attached hydrogens (tertiary/aromatic N) is 3.